The third kappa shape index (κ3) is 3.23. The highest BCUT2D eigenvalue weighted by Crippen LogP contribution is 2.10. The summed E-state index contributed by atoms with van der Waals surface area (Å²) in [5.74, 6) is 1.07. The molecule has 0 spiro atoms. The van der Waals surface area contributed by atoms with Crippen LogP contribution in [0.5, 0.6) is 5.75 Å². The lowest BCUT2D eigenvalue weighted by Crippen LogP contribution is -2.15. The van der Waals surface area contributed by atoms with E-state index in [0.29, 0.717) is 17.2 Å². The van der Waals surface area contributed by atoms with Gasteiger partial charge in [0.2, 0.25) is 5.95 Å². The normalized spacial score (nSPS) is 10.8. The summed E-state index contributed by atoms with van der Waals surface area (Å²) in [6.45, 7) is 3.51. The Labute approximate surface area is 116 Å². The second-order valence-corrected chi connectivity index (χ2v) is 4.27. The van der Waals surface area contributed by atoms with E-state index in [4.69, 9.17) is 4.74 Å². The summed E-state index contributed by atoms with van der Waals surface area (Å²) >= 11 is 0. The number of ether oxygens (including phenoxy) is 1. The van der Waals surface area contributed by atoms with Crippen molar-refractivity contribution in [1.82, 2.24) is 9.97 Å². The molecule has 0 aliphatic carbocycles. The molecule has 1 aromatic carbocycles. The zero-order valence-corrected chi connectivity index (χ0v) is 11.6. The highest BCUT2D eigenvalue weighted by atomic mass is 16.5. The van der Waals surface area contributed by atoms with Crippen molar-refractivity contribution in [3.63, 3.8) is 0 Å². The SMILES string of the molecule is COc1cccc(/C=N\Nc2nc(C)c(C)c(=O)[nH]2)c1. The first kappa shape index (κ1) is 13.8. The first-order valence-corrected chi connectivity index (χ1v) is 6.11. The van der Waals surface area contributed by atoms with Gasteiger partial charge in [0.15, 0.2) is 0 Å². The molecule has 6 heteroatoms. The monoisotopic (exact) mass is 272 g/mol. The van der Waals surface area contributed by atoms with Crippen molar-refractivity contribution in [3.8, 4) is 5.75 Å². The van der Waals surface area contributed by atoms with Crippen LogP contribution in [0.15, 0.2) is 34.2 Å². The van der Waals surface area contributed by atoms with Gasteiger partial charge in [0, 0.05) is 11.3 Å². The minimum absolute atomic E-state index is 0.170. The summed E-state index contributed by atoms with van der Waals surface area (Å²) in [7, 11) is 1.61. The molecule has 2 aromatic rings. The van der Waals surface area contributed by atoms with Crippen LogP contribution in [0.4, 0.5) is 5.95 Å². The van der Waals surface area contributed by atoms with Crippen molar-refractivity contribution in [3.05, 3.63) is 51.4 Å². The molecule has 1 aromatic heterocycles. The maximum Gasteiger partial charge on any atom is 0.255 e. The zero-order valence-electron chi connectivity index (χ0n) is 11.6. The minimum atomic E-state index is -0.170. The topological polar surface area (TPSA) is 79.4 Å². The largest absolute Gasteiger partial charge is 0.497 e. The smallest absolute Gasteiger partial charge is 0.255 e. The molecule has 2 N–H and O–H groups in total. The molecule has 0 saturated heterocycles. The number of methoxy groups -OCH3 is 1. The van der Waals surface area contributed by atoms with Crippen molar-refractivity contribution in [1.29, 1.82) is 0 Å². The molecule has 1 heterocycles. The van der Waals surface area contributed by atoms with Crippen LogP contribution < -0.4 is 15.7 Å². The Morgan fingerprint density at radius 3 is 2.90 bits per heavy atom. The Morgan fingerprint density at radius 2 is 2.20 bits per heavy atom. The van der Waals surface area contributed by atoms with Gasteiger partial charge in [-0.2, -0.15) is 5.10 Å². The lowest BCUT2D eigenvalue weighted by molar-refractivity contribution is 0.415. The van der Waals surface area contributed by atoms with E-state index in [1.807, 2.05) is 24.3 Å². The van der Waals surface area contributed by atoms with E-state index in [0.717, 1.165) is 11.3 Å². The molecule has 0 atom stereocenters. The van der Waals surface area contributed by atoms with Crippen LogP contribution in [-0.4, -0.2) is 23.3 Å². The van der Waals surface area contributed by atoms with E-state index in [1.54, 1.807) is 27.2 Å². The van der Waals surface area contributed by atoms with E-state index < -0.39 is 0 Å². The molecule has 0 bridgehead atoms. The zero-order chi connectivity index (χ0) is 14.5. The summed E-state index contributed by atoms with van der Waals surface area (Å²) in [5.41, 5.74) is 4.69. The van der Waals surface area contributed by atoms with E-state index in [2.05, 4.69) is 20.5 Å². The van der Waals surface area contributed by atoms with Gasteiger partial charge in [0.1, 0.15) is 5.75 Å². The second-order valence-electron chi connectivity index (χ2n) is 4.27. The van der Waals surface area contributed by atoms with Gasteiger partial charge in [-0.05, 0) is 31.5 Å². The fourth-order valence-corrected chi connectivity index (χ4v) is 1.59. The molecular weight excluding hydrogens is 256 g/mol. The fraction of sp³-hybridized carbons (Fsp3) is 0.214. The molecule has 0 aliphatic rings. The van der Waals surface area contributed by atoms with Gasteiger partial charge in [0.25, 0.3) is 5.56 Å². The number of hydrogen-bond acceptors (Lipinski definition) is 5. The van der Waals surface area contributed by atoms with Crippen molar-refractivity contribution in [2.24, 2.45) is 5.10 Å². The van der Waals surface area contributed by atoms with Gasteiger partial charge < -0.3 is 4.74 Å². The summed E-state index contributed by atoms with van der Waals surface area (Å²) in [6.07, 6.45) is 1.62. The van der Waals surface area contributed by atoms with Crippen LogP contribution in [0.1, 0.15) is 16.8 Å². The second kappa shape index (κ2) is 6.01. The molecule has 104 valence electrons. The van der Waals surface area contributed by atoms with Crippen LogP contribution in [0, 0.1) is 13.8 Å². The lowest BCUT2D eigenvalue weighted by Gasteiger charge is -2.03. The summed E-state index contributed by atoms with van der Waals surface area (Å²) < 4.78 is 5.12. The van der Waals surface area contributed by atoms with Gasteiger partial charge in [-0.1, -0.05) is 12.1 Å². The van der Waals surface area contributed by atoms with Crippen molar-refractivity contribution < 1.29 is 4.74 Å². The molecular formula is C14H16N4O2. The molecule has 0 unspecified atom stereocenters. The Kier molecular flexibility index (Phi) is 4.14. The maximum absolute atomic E-state index is 11.6. The standard InChI is InChI=1S/C14H16N4O2/c1-9-10(2)16-14(17-13(9)19)18-15-8-11-5-4-6-12(7-11)20-3/h4-8H,1-3H3,(H2,16,17,18,19)/b15-8-. The maximum atomic E-state index is 11.6. The number of nitrogens with one attached hydrogen (secondary N) is 2. The number of H-pyrrole nitrogens is 1. The highest BCUT2D eigenvalue weighted by Gasteiger charge is 2.01. The number of nitrogens with zero attached hydrogens (tertiary/aromatic N) is 2. The molecule has 0 radical (unpaired) electrons. The molecule has 0 saturated carbocycles. The molecule has 20 heavy (non-hydrogen) atoms. The Morgan fingerprint density at radius 1 is 1.40 bits per heavy atom. The van der Waals surface area contributed by atoms with Gasteiger partial charge in [0.05, 0.1) is 13.3 Å². The summed E-state index contributed by atoms with van der Waals surface area (Å²) in [6, 6.07) is 7.47. The molecule has 0 amide bonds. The first-order valence-electron chi connectivity index (χ1n) is 6.11. The van der Waals surface area contributed by atoms with E-state index >= 15 is 0 Å². The number of anilines is 1. The van der Waals surface area contributed by atoms with E-state index in [9.17, 15) is 4.79 Å². The van der Waals surface area contributed by atoms with Crippen molar-refractivity contribution in [2.45, 2.75) is 13.8 Å². The Bertz CT molecular complexity index is 692. The number of aromatic amines is 1. The van der Waals surface area contributed by atoms with Crippen LogP contribution in [0.2, 0.25) is 0 Å². The highest BCUT2D eigenvalue weighted by molar-refractivity contribution is 5.80. The van der Waals surface area contributed by atoms with Gasteiger partial charge >= 0.3 is 0 Å². The van der Waals surface area contributed by atoms with E-state index in [1.165, 1.54) is 0 Å². The van der Waals surface area contributed by atoms with Crippen LogP contribution >= 0.6 is 0 Å². The summed E-state index contributed by atoms with van der Waals surface area (Å²) in [5, 5.41) is 4.04. The Balaban J connectivity index is 2.12. The number of hydrogen-bond donors (Lipinski definition) is 2. The average Bonchev–Trinajstić information content (AvgIpc) is 2.45. The quantitative estimate of drug-likeness (QED) is 0.657. The molecule has 6 nitrogen and oxygen atoms in total. The van der Waals surface area contributed by atoms with Gasteiger partial charge in [-0.15, -0.1) is 0 Å². The van der Waals surface area contributed by atoms with Crippen LogP contribution in [-0.2, 0) is 0 Å². The van der Waals surface area contributed by atoms with Crippen LogP contribution in [0.25, 0.3) is 0 Å². The minimum Gasteiger partial charge on any atom is -0.497 e. The number of aromatic nitrogens is 2. The Hall–Kier alpha value is -2.63. The van der Waals surface area contributed by atoms with Crippen LogP contribution in [0.3, 0.4) is 0 Å². The molecule has 0 fully saturated rings. The van der Waals surface area contributed by atoms with Gasteiger partial charge in [-0.3, -0.25) is 9.78 Å². The lowest BCUT2D eigenvalue weighted by atomic mass is 10.2. The fourth-order valence-electron chi connectivity index (χ4n) is 1.59. The predicted molar refractivity (Wildman–Crippen MR) is 78.5 cm³/mol. The first-order chi connectivity index (χ1) is 9.60. The van der Waals surface area contributed by atoms with E-state index in [-0.39, 0.29) is 5.56 Å². The predicted octanol–water partition coefficient (Wildman–Crippen LogP) is 1.84. The average molecular weight is 272 g/mol. The molecule has 2 rings (SSSR count). The molecule has 0 aliphatic heterocycles. The number of benzene rings is 1. The third-order valence-electron chi connectivity index (χ3n) is 2.87. The number of hydrazone groups is 1. The third-order valence-corrected chi connectivity index (χ3v) is 2.87. The van der Waals surface area contributed by atoms with Crippen molar-refractivity contribution >= 4 is 12.2 Å². The summed E-state index contributed by atoms with van der Waals surface area (Å²) in [4.78, 5) is 18.4. The number of aryl methyl sites for hydroxylation is 1. The number of rotatable bonds is 4. The van der Waals surface area contributed by atoms with Gasteiger partial charge in [-0.25, -0.2) is 10.4 Å². The van der Waals surface area contributed by atoms with Crippen molar-refractivity contribution in [2.75, 3.05) is 12.5 Å².